The Morgan fingerprint density at radius 2 is 1.79 bits per heavy atom. The molecule has 0 unspecified atom stereocenters. The Hall–Kier alpha value is -2.08. The third-order valence-corrected chi connectivity index (χ3v) is 4.16. The fourth-order valence-electron chi connectivity index (χ4n) is 2.90. The molecule has 1 heterocycles. The zero-order valence-corrected chi connectivity index (χ0v) is 14.6. The van der Waals surface area contributed by atoms with Crippen LogP contribution in [0.4, 0.5) is 0 Å². The van der Waals surface area contributed by atoms with Crippen molar-refractivity contribution >= 4 is 11.6 Å². The van der Waals surface area contributed by atoms with E-state index < -0.39 is 23.2 Å². The van der Waals surface area contributed by atoms with Gasteiger partial charge < -0.3 is 20.1 Å². The van der Waals surface area contributed by atoms with Gasteiger partial charge in [0.25, 0.3) is 0 Å². The van der Waals surface area contributed by atoms with Gasteiger partial charge in [-0.2, -0.15) is 0 Å². The van der Waals surface area contributed by atoms with Crippen LogP contribution in [-0.4, -0.2) is 38.6 Å². The van der Waals surface area contributed by atoms with Crippen LogP contribution in [0.3, 0.4) is 0 Å². The number of ketones is 2. The average Bonchev–Trinajstić information content (AvgIpc) is 2.82. The average molecular weight is 336 g/mol. The maximum absolute atomic E-state index is 12.6. The molecule has 1 aliphatic rings. The summed E-state index contributed by atoms with van der Waals surface area (Å²) in [6.07, 6.45) is -0.378. The molecule has 24 heavy (non-hydrogen) atoms. The molecule has 0 radical (unpaired) electrons. The van der Waals surface area contributed by atoms with Crippen LogP contribution in [0.5, 0.6) is 17.2 Å². The van der Waals surface area contributed by atoms with Crippen molar-refractivity contribution in [3.05, 3.63) is 16.7 Å². The highest BCUT2D eigenvalue weighted by Crippen LogP contribution is 2.48. The summed E-state index contributed by atoms with van der Waals surface area (Å²) < 4.78 is 5.70. The predicted molar refractivity (Wildman–Crippen MR) is 88.0 cm³/mol. The molecule has 0 saturated heterocycles. The fourth-order valence-corrected chi connectivity index (χ4v) is 2.90. The molecule has 2 rings (SSSR count). The highest BCUT2D eigenvalue weighted by molar-refractivity contribution is 6.09. The number of Topliss-reactive ketones (excluding diaryl/α,β-unsaturated/α-hetero) is 2. The van der Waals surface area contributed by atoms with Gasteiger partial charge in [-0.05, 0) is 26.7 Å². The van der Waals surface area contributed by atoms with E-state index in [0.29, 0.717) is 0 Å². The van der Waals surface area contributed by atoms with E-state index in [2.05, 4.69) is 0 Å². The van der Waals surface area contributed by atoms with E-state index in [1.165, 1.54) is 6.92 Å². The van der Waals surface area contributed by atoms with Gasteiger partial charge in [0, 0.05) is 18.4 Å². The first-order chi connectivity index (χ1) is 10.9. The van der Waals surface area contributed by atoms with Crippen LogP contribution in [0, 0.1) is 5.92 Å². The Morgan fingerprint density at radius 1 is 1.21 bits per heavy atom. The number of hydrogen-bond acceptors (Lipinski definition) is 6. The third-order valence-electron chi connectivity index (χ3n) is 4.16. The number of phenolic OH excluding ortho intramolecular Hbond substituents is 2. The Labute approximate surface area is 141 Å². The number of carbonyl (C=O) groups excluding carboxylic acids is 2. The van der Waals surface area contributed by atoms with Gasteiger partial charge in [0.15, 0.2) is 11.6 Å². The molecule has 1 aromatic rings. The van der Waals surface area contributed by atoms with E-state index in [9.17, 15) is 24.9 Å². The minimum atomic E-state index is -1.21. The van der Waals surface area contributed by atoms with Gasteiger partial charge in [0.1, 0.15) is 34.5 Å². The molecule has 6 heteroatoms. The molecule has 1 aromatic carbocycles. The van der Waals surface area contributed by atoms with Crippen LogP contribution in [-0.2, 0) is 6.42 Å². The van der Waals surface area contributed by atoms with Crippen molar-refractivity contribution in [1.29, 1.82) is 0 Å². The topological polar surface area (TPSA) is 104 Å². The van der Waals surface area contributed by atoms with Crippen molar-refractivity contribution in [3.63, 3.8) is 0 Å². The van der Waals surface area contributed by atoms with E-state index in [0.717, 1.165) is 0 Å². The summed E-state index contributed by atoms with van der Waals surface area (Å²) in [4.78, 5) is 24.4. The Bertz CT molecular complexity index is 697. The van der Waals surface area contributed by atoms with Crippen LogP contribution in [0.2, 0.25) is 0 Å². The lowest BCUT2D eigenvalue weighted by Gasteiger charge is -2.25. The molecule has 0 aromatic heterocycles. The van der Waals surface area contributed by atoms with Gasteiger partial charge in [-0.3, -0.25) is 9.59 Å². The standard InChI is InChI=1S/C18H24O6/c1-8(2)6-11(20)14-16(22)13(9(3)19)15(21)10-7-12(18(4,5)23)24-17(10)14/h8,12,21-23H,6-7H2,1-5H3/t12-/m0/s1. The number of rotatable bonds is 5. The highest BCUT2D eigenvalue weighted by Gasteiger charge is 2.41. The van der Waals surface area contributed by atoms with E-state index in [4.69, 9.17) is 4.74 Å². The second-order valence-electron chi connectivity index (χ2n) is 7.30. The molecule has 3 N–H and O–H groups in total. The molecule has 0 fully saturated rings. The van der Waals surface area contributed by atoms with Gasteiger partial charge in [0.2, 0.25) is 0 Å². The first-order valence-electron chi connectivity index (χ1n) is 7.99. The summed E-state index contributed by atoms with van der Waals surface area (Å²) in [5.41, 5.74) is -1.30. The van der Waals surface area contributed by atoms with E-state index in [1.54, 1.807) is 13.8 Å². The lowest BCUT2D eigenvalue weighted by Crippen LogP contribution is -2.39. The van der Waals surface area contributed by atoms with Crippen LogP contribution < -0.4 is 4.74 Å². The molecule has 132 valence electrons. The number of aliphatic hydroxyl groups is 1. The summed E-state index contributed by atoms with van der Waals surface area (Å²) in [5, 5.41) is 31.0. The molecular formula is C18H24O6. The van der Waals surface area contributed by atoms with Crippen molar-refractivity contribution in [2.75, 3.05) is 0 Å². The van der Waals surface area contributed by atoms with Crippen molar-refractivity contribution in [1.82, 2.24) is 0 Å². The van der Waals surface area contributed by atoms with E-state index in [1.807, 2.05) is 13.8 Å². The first kappa shape index (κ1) is 18.3. The van der Waals surface area contributed by atoms with E-state index >= 15 is 0 Å². The summed E-state index contributed by atoms with van der Waals surface area (Å²) in [7, 11) is 0. The SMILES string of the molecule is CC(=O)c1c(O)c2c(c(C(=O)CC(C)C)c1O)O[C@H](C(C)(C)O)C2. The van der Waals surface area contributed by atoms with Gasteiger partial charge in [-0.25, -0.2) is 0 Å². The molecule has 0 aliphatic carbocycles. The largest absolute Gasteiger partial charge is 0.507 e. The maximum Gasteiger partial charge on any atom is 0.170 e. The summed E-state index contributed by atoms with van der Waals surface area (Å²) in [6.45, 7) is 8.05. The minimum Gasteiger partial charge on any atom is -0.507 e. The van der Waals surface area contributed by atoms with Gasteiger partial charge in [0.05, 0.1) is 5.60 Å². The predicted octanol–water partition coefficient (Wildman–Crippen LogP) is 2.60. The van der Waals surface area contributed by atoms with Gasteiger partial charge in [-0.15, -0.1) is 0 Å². The maximum atomic E-state index is 12.6. The first-order valence-corrected chi connectivity index (χ1v) is 7.99. The zero-order chi connectivity index (χ0) is 18.4. The number of phenols is 2. The number of ether oxygens (including phenoxy) is 1. The molecule has 1 atom stereocenters. The van der Waals surface area contributed by atoms with Crippen molar-refractivity contribution in [2.24, 2.45) is 5.92 Å². The second kappa shape index (κ2) is 6.09. The number of hydrogen-bond donors (Lipinski definition) is 3. The van der Waals surface area contributed by atoms with Crippen molar-refractivity contribution in [3.8, 4) is 17.2 Å². The summed E-state index contributed by atoms with van der Waals surface area (Å²) in [5.74, 6) is -1.74. The normalized spacial score (nSPS) is 16.9. The number of carbonyl (C=O) groups is 2. The van der Waals surface area contributed by atoms with Gasteiger partial charge >= 0.3 is 0 Å². The third kappa shape index (κ3) is 3.11. The minimum absolute atomic E-state index is 0.0496. The summed E-state index contributed by atoms with van der Waals surface area (Å²) in [6, 6.07) is 0. The molecular weight excluding hydrogens is 312 g/mol. The molecule has 0 bridgehead atoms. The van der Waals surface area contributed by atoms with Gasteiger partial charge in [-0.1, -0.05) is 13.8 Å². The molecule has 1 aliphatic heterocycles. The second-order valence-corrected chi connectivity index (χ2v) is 7.30. The monoisotopic (exact) mass is 336 g/mol. The lowest BCUT2D eigenvalue weighted by atomic mass is 9.91. The lowest BCUT2D eigenvalue weighted by molar-refractivity contribution is -0.0232. The Morgan fingerprint density at radius 3 is 2.25 bits per heavy atom. The quantitative estimate of drug-likeness (QED) is 0.714. The van der Waals surface area contributed by atoms with Crippen molar-refractivity contribution in [2.45, 2.75) is 59.2 Å². The molecule has 0 spiro atoms. The highest BCUT2D eigenvalue weighted by atomic mass is 16.5. The fraction of sp³-hybridized carbons (Fsp3) is 0.556. The van der Waals surface area contributed by atoms with Crippen LogP contribution in [0.25, 0.3) is 0 Å². The summed E-state index contributed by atoms with van der Waals surface area (Å²) >= 11 is 0. The number of benzene rings is 1. The Kier molecular flexibility index (Phi) is 4.63. The smallest absolute Gasteiger partial charge is 0.170 e. The molecule has 6 nitrogen and oxygen atoms in total. The number of fused-ring (bicyclic) bond motifs is 1. The van der Waals surface area contributed by atoms with Crippen LogP contribution >= 0.6 is 0 Å². The van der Waals surface area contributed by atoms with E-state index in [-0.39, 0.29) is 52.7 Å². The van der Waals surface area contributed by atoms with Crippen molar-refractivity contribution < 1.29 is 29.6 Å². The molecule has 0 saturated carbocycles. The zero-order valence-electron chi connectivity index (χ0n) is 14.6. The van der Waals surface area contributed by atoms with Crippen LogP contribution in [0.15, 0.2) is 0 Å². The number of aromatic hydroxyl groups is 2. The molecule has 0 amide bonds. The Balaban J connectivity index is 2.68. The van der Waals surface area contributed by atoms with Crippen LogP contribution in [0.1, 0.15) is 67.3 Å².